The van der Waals surface area contributed by atoms with Crippen molar-refractivity contribution < 1.29 is 9.90 Å². The normalized spacial score (nSPS) is 6.64. The molecule has 0 fully saturated rings. The van der Waals surface area contributed by atoms with Crippen LogP contribution in [0.1, 0.15) is 32.6 Å². The number of aliphatic carboxylic acids is 1. The van der Waals surface area contributed by atoms with Crippen LogP contribution in [0.2, 0.25) is 0 Å². The number of unbranched alkanes of at least 4 members (excludes halogenated alkanes) is 2. The lowest BCUT2D eigenvalue weighted by molar-refractivity contribution is -0.137. The molecule has 0 aliphatic rings. The highest BCUT2D eigenvalue weighted by atomic mass is 35.5. The summed E-state index contributed by atoms with van der Waals surface area (Å²) in [6.45, 7) is 2.06. The molecular weight excluding hydrogens is 210 g/mol. The second kappa shape index (κ2) is 16.7. The monoisotopic (exact) mass is 224 g/mol. The van der Waals surface area contributed by atoms with Crippen LogP contribution < -0.4 is 0 Å². The van der Waals surface area contributed by atoms with Crippen LogP contribution >= 0.6 is 37.2 Å². The summed E-state index contributed by atoms with van der Waals surface area (Å²) < 4.78 is 0. The van der Waals surface area contributed by atoms with Crippen molar-refractivity contribution in [2.24, 2.45) is 0 Å². The fraction of sp³-hybridized carbons (Fsp3) is 0.833. The lowest BCUT2D eigenvalue weighted by Crippen LogP contribution is -1.92. The first-order chi connectivity index (χ1) is 3.77. The molecule has 1 N–H and O–H groups in total. The Bertz CT molecular complexity index is 78.2. The van der Waals surface area contributed by atoms with Gasteiger partial charge in [0.15, 0.2) is 0 Å². The highest BCUT2D eigenvalue weighted by Crippen LogP contribution is 1.97. The lowest BCUT2D eigenvalue weighted by atomic mass is 10.2. The van der Waals surface area contributed by atoms with Crippen molar-refractivity contribution in [2.45, 2.75) is 32.6 Å². The number of halogens is 3. The first kappa shape index (κ1) is 22.5. The number of rotatable bonds is 4. The molecule has 72 valence electrons. The molecule has 0 aliphatic heterocycles. The van der Waals surface area contributed by atoms with Gasteiger partial charge in [0.1, 0.15) is 0 Å². The summed E-state index contributed by atoms with van der Waals surface area (Å²) in [5.41, 5.74) is 0. The van der Waals surface area contributed by atoms with Gasteiger partial charge < -0.3 is 5.11 Å². The fourth-order valence-electron chi connectivity index (χ4n) is 0.526. The topological polar surface area (TPSA) is 37.3 Å². The molecule has 0 radical (unpaired) electrons. The average Bonchev–Trinajstić information content (AvgIpc) is 1.66. The van der Waals surface area contributed by atoms with Crippen molar-refractivity contribution in [2.75, 3.05) is 0 Å². The van der Waals surface area contributed by atoms with Crippen LogP contribution in [-0.4, -0.2) is 11.1 Å². The van der Waals surface area contributed by atoms with Crippen LogP contribution in [0.4, 0.5) is 0 Å². The molecule has 5 heteroatoms. The fourth-order valence-corrected chi connectivity index (χ4v) is 0.526. The predicted octanol–water partition coefficient (Wildman–Crippen LogP) is 2.92. The Morgan fingerprint density at radius 1 is 1.18 bits per heavy atom. The first-order valence-corrected chi connectivity index (χ1v) is 2.99. The Balaban J connectivity index is -0.0000000817. The zero-order valence-electron chi connectivity index (χ0n) is 6.41. The standard InChI is InChI=1S/C6H12O2.3ClH/c1-2-3-4-5-6(7)8;;;/h2-5H2,1H3,(H,7,8);3*1H. The van der Waals surface area contributed by atoms with Gasteiger partial charge in [-0.3, -0.25) is 4.79 Å². The molecule has 0 aromatic carbocycles. The maximum absolute atomic E-state index is 9.87. The lowest BCUT2D eigenvalue weighted by Gasteiger charge is -1.89. The Morgan fingerprint density at radius 3 is 1.91 bits per heavy atom. The SMILES string of the molecule is CCCCCC(=O)O.Cl.Cl.Cl. The highest BCUT2D eigenvalue weighted by Gasteiger charge is 1.92. The van der Waals surface area contributed by atoms with Gasteiger partial charge in [-0.2, -0.15) is 0 Å². The van der Waals surface area contributed by atoms with Crippen LogP contribution in [0.25, 0.3) is 0 Å². The van der Waals surface area contributed by atoms with E-state index < -0.39 is 5.97 Å². The van der Waals surface area contributed by atoms with Gasteiger partial charge in [-0.1, -0.05) is 19.8 Å². The van der Waals surface area contributed by atoms with E-state index in [1.54, 1.807) is 0 Å². The van der Waals surface area contributed by atoms with Crippen molar-refractivity contribution in [1.82, 2.24) is 0 Å². The molecule has 11 heavy (non-hydrogen) atoms. The third-order valence-corrected chi connectivity index (χ3v) is 0.994. The van der Waals surface area contributed by atoms with Crippen LogP contribution in [-0.2, 0) is 4.79 Å². The van der Waals surface area contributed by atoms with Crippen LogP contribution in [0.5, 0.6) is 0 Å². The van der Waals surface area contributed by atoms with E-state index in [9.17, 15) is 4.79 Å². The zero-order valence-corrected chi connectivity index (χ0v) is 8.86. The molecule has 0 aliphatic carbocycles. The molecule has 0 unspecified atom stereocenters. The van der Waals surface area contributed by atoms with Crippen molar-refractivity contribution in [3.05, 3.63) is 0 Å². The van der Waals surface area contributed by atoms with Gasteiger partial charge in [0.25, 0.3) is 0 Å². The van der Waals surface area contributed by atoms with E-state index in [0.717, 1.165) is 19.3 Å². The summed E-state index contributed by atoms with van der Waals surface area (Å²) in [7, 11) is 0. The Labute approximate surface area is 86.0 Å². The molecule has 0 bridgehead atoms. The number of carbonyl (C=O) groups is 1. The van der Waals surface area contributed by atoms with Gasteiger partial charge in [0.2, 0.25) is 0 Å². The summed E-state index contributed by atoms with van der Waals surface area (Å²) in [4.78, 5) is 9.87. The van der Waals surface area contributed by atoms with Gasteiger partial charge in [0.05, 0.1) is 0 Å². The van der Waals surface area contributed by atoms with Gasteiger partial charge >= 0.3 is 5.97 Å². The summed E-state index contributed by atoms with van der Waals surface area (Å²) in [6.07, 6.45) is 3.28. The minimum Gasteiger partial charge on any atom is -0.481 e. The number of hydrogen-bond donors (Lipinski definition) is 1. The van der Waals surface area contributed by atoms with Crippen LogP contribution in [0, 0.1) is 0 Å². The van der Waals surface area contributed by atoms with E-state index >= 15 is 0 Å². The molecule has 0 amide bonds. The largest absolute Gasteiger partial charge is 0.481 e. The summed E-state index contributed by atoms with van der Waals surface area (Å²) >= 11 is 0. The van der Waals surface area contributed by atoms with Crippen LogP contribution in [0.3, 0.4) is 0 Å². The van der Waals surface area contributed by atoms with Crippen molar-refractivity contribution in [3.8, 4) is 0 Å². The molecule has 0 aromatic heterocycles. The van der Waals surface area contributed by atoms with E-state index in [0.29, 0.717) is 6.42 Å². The third kappa shape index (κ3) is 25.2. The second-order valence-corrected chi connectivity index (χ2v) is 1.85. The molecular formula is C6H15Cl3O2. The maximum atomic E-state index is 9.87. The van der Waals surface area contributed by atoms with E-state index in [-0.39, 0.29) is 37.2 Å². The van der Waals surface area contributed by atoms with E-state index in [2.05, 4.69) is 6.92 Å². The number of carboxylic acid groups (broad SMARTS) is 1. The summed E-state index contributed by atoms with van der Waals surface area (Å²) in [5, 5.41) is 8.14. The molecule has 0 saturated heterocycles. The maximum Gasteiger partial charge on any atom is 0.303 e. The minimum absolute atomic E-state index is 0. The first-order valence-electron chi connectivity index (χ1n) is 2.99. The smallest absolute Gasteiger partial charge is 0.303 e. The van der Waals surface area contributed by atoms with Crippen LogP contribution in [0.15, 0.2) is 0 Å². The predicted molar refractivity (Wildman–Crippen MR) is 53.5 cm³/mol. The zero-order chi connectivity index (χ0) is 6.41. The van der Waals surface area contributed by atoms with Gasteiger partial charge in [-0.15, -0.1) is 37.2 Å². The van der Waals surface area contributed by atoms with Gasteiger partial charge in [-0.25, -0.2) is 0 Å². The summed E-state index contributed by atoms with van der Waals surface area (Å²) in [6, 6.07) is 0. The van der Waals surface area contributed by atoms with Gasteiger partial charge in [0, 0.05) is 6.42 Å². The quantitative estimate of drug-likeness (QED) is 0.747. The number of hydrogen-bond acceptors (Lipinski definition) is 1. The minimum atomic E-state index is -0.682. The Hall–Kier alpha value is 0.340. The molecule has 0 rings (SSSR count). The number of carboxylic acids is 1. The van der Waals surface area contributed by atoms with E-state index in [1.807, 2.05) is 0 Å². The molecule has 0 atom stereocenters. The van der Waals surface area contributed by atoms with E-state index in [4.69, 9.17) is 5.11 Å². The summed E-state index contributed by atoms with van der Waals surface area (Å²) in [5.74, 6) is -0.682. The third-order valence-electron chi connectivity index (χ3n) is 0.994. The van der Waals surface area contributed by atoms with Crippen molar-refractivity contribution >= 4 is 43.2 Å². The Kier molecular flexibility index (Phi) is 34.3. The molecule has 0 spiro atoms. The molecule has 0 heterocycles. The Morgan fingerprint density at radius 2 is 1.64 bits per heavy atom. The second-order valence-electron chi connectivity index (χ2n) is 1.85. The van der Waals surface area contributed by atoms with E-state index in [1.165, 1.54) is 0 Å². The molecule has 2 nitrogen and oxygen atoms in total. The molecule has 0 aromatic rings. The van der Waals surface area contributed by atoms with Crippen molar-refractivity contribution in [1.29, 1.82) is 0 Å². The highest BCUT2D eigenvalue weighted by molar-refractivity contribution is 5.86. The molecule has 0 saturated carbocycles. The van der Waals surface area contributed by atoms with Gasteiger partial charge in [-0.05, 0) is 6.42 Å². The van der Waals surface area contributed by atoms with Crippen molar-refractivity contribution in [3.63, 3.8) is 0 Å². The average molecular weight is 226 g/mol.